The maximum Gasteiger partial charge on any atom is 0.305 e. The first kappa shape index (κ1) is 90.1. The number of carbonyl (C=O) groups excluding carboxylic acids is 2. The SMILES string of the molecule is CCCCCC/C=C\C/C=C\CCCCCCCCCC(=O)OCCCCCCCCCCCCCCCCCC/C=C\CCCCCCCCCCCCCCCCCCCC(=O)NC(CO)C(O)CCCCCCCCCCCCCCCCCCCCCC. The number of hydrogen-bond acceptors (Lipinski definition) is 5. The van der Waals surface area contributed by atoms with Crippen LogP contribution in [0.1, 0.15) is 476 Å². The topological polar surface area (TPSA) is 95.9 Å². The van der Waals surface area contributed by atoms with Crippen LogP contribution in [-0.2, 0) is 14.3 Å². The van der Waals surface area contributed by atoms with E-state index in [-0.39, 0.29) is 18.5 Å². The smallest absolute Gasteiger partial charge is 0.305 e. The molecule has 0 radical (unpaired) electrons. The highest BCUT2D eigenvalue weighted by molar-refractivity contribution is 5.76. The first-order chi connectivity index (χ1) is 45.5. The van der Waals surface area contributed by atoms with Crippen molar-refractivity contribution in [3.8, 4) is 0 Å². The number of aliphatic hydroxyl groups is 2. The van der Waals surface area contributed by atoms with E-state index >= 15 is 0 Å². The van der Waals surface area contributed by atoms with Gasteiger partial charge in [-0.2, -0.15) is 0 Å². The fourth-order valence-electron chi connectivity index (χ4n) is 13.5. The molecule has 0 spiro atoms. The predicted molar refractivity (Wildman–Crippen MR) is 407 cm³/mol. The molecule has 0 aromatic heterocycles. The van der Waals surface area contributed by atoms with Gasteiger partial charge < -0.3 is 20.3 Å². The van der Waals surface area contributed by atoms with Gasteiger partial charge in [0.2, 0.25) is 5.91 Å². The van der Waals surface area contributed by atoms with Crippen molar-refractivity contribution in [3.63, 3.8) is 0 Å². The third-order valence-electron chi connectivity index (χ3n) is 19.9. The van der Waals surface area contributed by atoms with Gasteiger partial charge in [-0.3, -0.25) is 9.59 Å². The second-order valence-electron chi connectivity index (χ2n) is 29.2. The molecule has 0 rings (SSSR count). The Morgan fingerprint density at radius 3 is 0.848 bits per heavy atom. The lowest BCUT2D eigenvalue weighted by Gasteiger charge is -2.22. The minimum Gasteiger partial charge on any atom is -0.466 e. The van der Waals surface area contributed by atoms with Crippen LogP contribution in [0.3, 0.4) is 0 Å². The second-order valence-corrected chi connectivity index (χ2v) is 29.2. The standard InChI is InChI=1S/C86H165NO5/c1-3-5-7-9-11-13-15-17-19-21-23-43-46-50-54-58-62-66-70-74-78-84(89)83(82-88)87-85(90)79-75-71-67-63-59-55-51-47-44-41-39-37-35-33-31-29-27-25-24-26-28-30-32-34-36-38-40-42-45-49-53-57-61-65-69-73-77-81-92-86(91)80-76-72-68-64-60-56-52-48-22-20-18-16-14-12-10-8-6-4-2/h14,16,20,22,24,26,83-84,88-89H,3-13,15,17-19,21,23,25,27-82H2,1-2H3,(H,87,90)/b16-14-,22-20-,26-24-. The van der Waals surface area contributed by atoms with Gasteiger partial charge in [0.1, 0.15) is 0 Å². The molecule has 544 valence electrons. The van der Waals surface area contributed by atoms with E-state index in [9.17, 15) is 19.8 Å². The number of aliphatic hydroxyl groups excluding tert-OH is 2. The Morgan fingerprint density at radius 1 is 0.304 bits per heavy atom. The molecule has 0 bridgehead atoms. The van der Waals surface area contributed by atoms with Gasteiger partial charge in [-0.05, 0) is 83.5 Å². The van der Waals surface area contributed by atoms with Crippen molar-refractivity contribution in [2.75, 3.05) is 13.2 Å². The number of allylic oxidation sites excluding steroid dienone is 6. The lowest BCUT2D eigenvalue weighted by atomic mass is 10.0. The van der Waals surface area contributed by atoms with Crippen LogP contribution in [0.2, 0.25) is 0 Å². The summed E-state index contributed by atoms with van der Waals surface area (Å²) in [5.74, 6) is -0.0109. The molecule has 0 fully saturated rings. The fourth-order valence-corrected chi connectivity index (χ4v) is 13.5. The van der Waals surface area contributed by atoms with E-state index in [2.05, 4.69) is 55.6 Å². The molecule has 0 aromatic rings. The van der Waals surface area contributed by atoms with Crippen LogP contribution in [-0.4, -0.2) is 47.4 Å². The quantitative estimate of drug-likeness (QED) is 0.0320. The van der Waals surface area contributed by atoms with E-state index in [1.807, 2.05) is 0 Å². The average Bonchev–Trinajstić information content (AvgIpc) is 3.77. The minimum absolute atomic E-state index is 0.0149. The highest BCUT2D eigenvalue weighted by Crippen LogP contribution is 2.20. The monoisotopic (exact) mass is 1290 g/mol. The maximum atomic E-state index is 12.6. The Balaban J connectivity index is 3.33. The molecule has 2 unspecified atom stereocenters. The molecule has 6 nitrogen and oxygen atoms in total. The summed E-state index contributed by atoms with van der Waals surface area (Å²) in [5, 5.41) is 23.5. The largest absolute Gasteiger partial charge is 0.466 e. The molecule has 0 aliphatic heterocycles. The highest BCUT2D eigenvalue weighted by atomic mass is 16.5. The number of carbonyl (C=O) groups is 2. The first-order valence-corrected chi connectivity index (χ1v) is 42.2. The second kappa shape index (κ2) is 81.5. The number of hydrogen-bond donors (Lipinski definition) is 3. The molecular weight excluding hydrogens is 1130 g/mol. The van der Waals surface area contributed by atoms with Crippen LogP contribution in [0, 0.1) is 0 Å². The third kappa shape index (κ3) is 77.1. The number of amides is 1. The summed E-state index contributed by atoms with van der Waals surface area (Å²) in [5.41, 5.74) is 0. The highest BCUT2D eigenvalue weighted by Gasteiger charge is 2.20. The zero-order valence-corrected chi connectivity index (χ0v) is 62.6. The van der Waals surface area contributed by atoms with Crippen LogP contribution in [0.5, 0.6) is 0 Å². The number of esters is 1. The van der Waals surface area contributed by atoms with E-state index in [4.69, 9.17) is 4.74 Å². The third-order valence-corrected chi connectivity index (χ3v) is 19.9. The molecule has 0 aliphatic rings. The maximum absolute atomic E-state index is 12.6. The van der Waals surface area contributed by atoms with Gasteiger partial charge in [0.25, 0.3) is 0 Å². The van der Waals surface area contributed by atoms with Crippen molar-refractivity contribution in [1.29, 1.82) is 0 Å². The zero-order valence-electron chi connectivity index (χ0n) is 62.6. The van der Waals surface area contributed by atoms with Gasteiger partial charge in [-0.15, -0.1) is 0 Å². The summed E-state index contributed by atoms with van der Waals surface area (Å²) in [6.07, 6.45) is 107. The number of rotatable bonds is 80. The van der Waals surface area contributed by atoms with Crippen LogP contribution >= 0.6 is 0 Å². The summed E-state index contributed by atoms with van der Waals surface area (Å²) in [4.78, 5) is 24.7. The van der Waals surface area contributed by atoms with E-state index < -0.39 is 12.1 Å². The Labute approximate surface area is 576 Å². The molecule has 1 amide bonds. The van der Waals surface area contributed by atoms with Gasteiger partial charge in [0, 0.05) is 12.8 Å². The minimum atomic E-state index is -0.663. The van der Waals surface area contributed by atoms with E-state index in [1.165, 1.54) is 392 Å². The normalized spacial score (nSPS) is 12.6. The molecule has 0 aliphatic carbocycles. The number of nitrogens with one attached hydrogen (secondary N) is 1. The van der Waals surface area contributed by atoms with Gasteiger partial charge in [-0.1, -0.05) is 416 Å². The molecule has 0 aromatic carbocycles. The van der Waals surface area contributed by atoms with Crippen LogP contribution < -0.4 is 5.32 Å². The van der Waals surface area contributed by atoms with Crippen molar-refractivity contribution >= 4 is 11.9 Å². The van der Waals surface area contributed by atoms with Gasteiger partial charge in [0.15, 0.2) is 0 Å². The van der Waals surface area contributed by atoms with Crippen LogP contribution in [0.25, 0.3) is 0 Å². The zero-order chi connectivity index (χ0) is 66.3. The Bertz CT molecular complexity index is 1490. The fraction of sp³-hybridized carbons (Fsp3) is 0.907. The predicted octanol–water partition coefficient (Wildman–Crippen LogP) is 28.2. The van der Waals surface area contributed by atoms with Crippen molar-refractivity contribution in [3.05, 3.63) is 36.5 Å². The molecule has 0 saturated heterocycles. The number of unbranched alkanes of at least 4 members (excludes halogenated alkanes) is 63. The molecule has 0 heterocycles. The molecule has 2 atom stereocenters. The van der Waals surface area contributed by atoms with E-state index in [0.717, 1.165) is 51.4 Å². The summed E-state index contributed by atoms with van der Waals surface area (Å²) in [6.45, 7) is 4.99. The lowest BCUT2D eigenvalue weighted by Crippen LogP contribution is -2.45. The van der Waals surface area contributed by atoms with Crippen molar-refractivity contribution in [2.24, 2.45) is 0 Å². The molecule has 0 saturated carbocycles. The Morgan fingerprint density at radius 2 is 0.543 bits per heavy atom. The Kier molecular flexibility index (Phi) is 79.8. The number of ether oxygens (including phenoxy) is 1. The summed E-state index contributed by atoms with van der Waals surface area (Å²) >= 11 is 0. The molecule has 92 heavy (non-hydrogen) atoms. The van der Waals surface area contributed by atoms with Gasteiger partial charge in [-0.25, -0.2) is 0 Å². The first-order valence-electron chi connectivity index (χ1n) is 42.2. The average molecular weight is 1290 g/mol. The van der Waals surface area contributed by atoms with Crippen molar-refractivity contribution in [1.82, 2.24) is 5.32 Å². The van der Waals surface area contributed by atoms with Crippen molar-refractivity contribution in [2.45, 2.75) is 488 Å². The molecular formula is C86H165NO5. The lowest BCUT2D eigenvalue weighted by molar-refractivity contribution is -0.143. The van der Waals surface area contributed by atoms with Crippen molar-refractivity contribution < 1.29 is 24.5 Å². The van der Waals surface area contributed by atoms with E-state index in [1.54, 1.807) is 0 Å². The summed E-state index contributed by atoms with van der Waals surface area (Å²) in [6, 6.07) is -0.539. The summed E-state index contributed by atoms with van der Waals surface area (Å²) < 4.78 is 5.51. The van der Waals surface area contributed by atoms with Gasteiger partial charge >= 0.3 is 5.97 Å². The van der Waals surface area contributed by atoms with E-state index in [0.29, 0.717) is 25.9 Å². The molecule has 6 heteroatoms. The van der Waals surface area contributed by atoms with Crippen LogP contribution in [0.4, 0.5) is 0 Å². The summed E-state index contributed by atoms with van der Waals surface area (Å²) in [7, 11) is 0. The van der Waals surface area contributed by atoms with Gasteiger partial charge in [0.05, 0.1) is 25.4 Å². The molecule has 3 N–H and O–H groups in total. The Hall–Kier alpha value is -1.92. The van der Waals surface area contributed by atoms with Crippen LogP contribution in [0.15, 0.2) is 36.5 Å².